The molecule has 3 nitrogen and oxygen atoms in total. The molecule has 2 rings (SSSR count). The van der Waals surface area contributed by atoms with Gasteiger partial charge in [0.15, 0.2) is 0 Å². The van der Waals surface area contributed by atoms with E-state index >= 15 is 0 Å². The lowest BCUT2D eigenvalue weighted by molar-refractivity contribution is 0.0681. The molecule has 1 aliphatic rings. The average molecular weight is 221 g/mol. The van der Waals surface area contributed by atoms with Gasteiger partial charge in [0, 0.05) is 13.1 Å². The second-order valence-corrected chi connectivity index (χ2v) is 4.83. The van der Waals surface area contributed by atoms with Crippen LogP contribution in [0.2, 0.25) is 0 Å². The van der Waals surface area contributed by atoms with E-state index in [4.69, 9.17) is 4.42 Å². The SMILES string of the molecule is Cc1cc(C(=O)N2CCC[C@@H](C)C2)c(C)o1. The van der Waals surface area contributed by atoms with Crippen LogP contribution in [-0.4, -0.2) is 23.9 Å². The highest BCUT2D eigenvalue weighted by Gasteiger charge is 2.24. The summed E-state index contributed by atoms with van der Waals surface area (Å²) >= 11 is 0. The molecule has 1 aromatic rings. The molecule has 2 heterocycles. The van der Waals surface area contributed by atoms with Crippen LogP contribution in [0.15, 0.2) is 10.5 Å². The Morgan fingerprint density at radius 1 is 1.50 bits per heavy atom. The summed E-state index contributed by atoms with van der Waals surface area (Å²) in [5, 5.41) is 0. The predicted molar refractivity (Wildman–Crippen MR) is 62.5 cm³/mol. The maximum Gasteiger partial charge on any atom is 0.257 e. The van der Waals surface area contributed by atoms with E-state index in [9.17, 15) is 4.79 Å². The van der Waals surface area contributed by atoms with Crippen LogP contribution < -0.4 is 0 Å². The molecule has 0 aliphatic carbocycles. The number of carbonyl (C=O) groups excluding carboxylic acids is 1. The molecular formula is C13H19NO2. The number of piperidine rings is 1. The van der Waals surface area contributed by atoms with Crippen molar-refractivity contribution < 1.29 is 9.21 Å². The zero-order valence-corrected chi connectivity index (χ0v) is 10.2. The van der Waals surface area contributed by atoms with Gasteiger partial charge in [-0.25, -0.2) is 0 Å². The normalized spacial score (nSPS) is 21.2. The van der Waals surface area contributed by atoms with Gasteiger partial charge >= 0.3 is 0 Å². The lowest BCUT2D eigenvalue weighted by Crippen LogP contribution is -2.39. The molecule has 0 radical (unpaired) electrons. The summed E-state index contributed by atoms with van der Waals surface area (Å²) in [6, 6.07) is 1.84. The number of amides is 1. The first kappa shape index (κ1) is 11.2. The molecule has 1 aliphatic heterocycles. The van der Waals surface area contributed by atoms with Gasteiger partial charge in [-0.05, 0) is 38.7 Å². The number of hydrogen-bond donors (Lipinski definition) is 0. The molecule has 1 amide bonds. The first-order chi connectivity index (χ1) is 7.58. The second kappa shape index (κ2) is 4.32. The summed E-state index contributed by atoms with van der Waals surface area (Å²) in [5.41, 5.74) is 0.728. The highest BCUT2D eigenvalue weighted by atomic mass is 16.3. The molecule has 0 bridgehead atoms. The average Bonchev–Trinajstić information content (AvgIpc) is 2.57. The lowest BCUT2D eigenvalue weighted by atomic mass is 9.99. The summed E-state index contributed by atoms with van der Waals surface area (Å²) in [6.45, 7) is 7.69. The van der Waals surface area contributed by atoms with Crippen molar-refractivity contribution in [2.24, 2.45) is 5.92 Å². The van der Waals surface area contributed by atoms with Crippen molar-refractivity contribution >= 4 is 5.91 Å². The maximum absolute atomic E-state index is 12.2. The zero-order chi connectivity index (χ0) is 11.7. The largest absolute Gasteiger partial charge is 0.466 e. The number of nitrogens with zero attached hydrogens (tertiary/aromatic N) is 1. The van der Waals surface area contributed by atoms with Crippen molar-refractivity contribution in [3.63, 3.8) is 0 Å². The Kier molecular flexibility index (Phi) is 3.03. The van der Waals surface area contributed by atoms with Crippen LogP contribution in [0.4, 0.5) is 0 Å². The zero-order valence-electron chi connectivity index (χ0n) is 10.2. The van der Waals surface area contributed by atoms with E-state index in [-0.39, 0.29) is 5.91 Å². The standard InChI is InChI=1S/C13H19NO2/c1-9-5-4-6-14(8-9)13(15)12-7-10(2)16-11(12)3/h7,9H,4-6,8H2,1-3H3/t9-/m1/s1. The minimum absolute atomic E-state index is 0.126. The van der Waals surface area contributed by atoms with Crippen LogP contribution in [0.3, 0.4) is 0 Å². The molecule has 0 N–H and O–H groups in total. The number of furan rings is 1. The van der Waals surface area contributed by atoms with Gasteiger partial charge in [-0.1, -0.05) is 6.92 Å². The Hall–Kier alpha value is -1.25. The molecule has 1 fully saturated rings. The monoisotopic (exact) mass is 221 g/mol. The van der Waals surface area contributed by atoms with E-state index in [1.54, 1.807) is 0 Å². The summed E-state index contributed by atoms with van der Waals surface area (Å²) in [7, 11) is 0. The molecule has 0 saturated carbocycles. The van der Waals surface area contributed by atoms with Crippen molar-refractivity contribution in [3.8, 4) is 0 Å². The minimum atomic E-state index is 0.126. The molecule has 0 unspecified atom stereocenters. The van der Waals surface area contributed by atoms with Crippen LogP contribution in [0, 0.1) is 19.8 Å². The lowest BCUT2D eigenvalue weighted by Gasteiger charge is -2.30. The third-order valence-corrected chi connectivity index (χ3v) is 3.22. The van der Waals surface area contributed by atoms with Crippen molar-refractivity contribution in [1.29, 1.82) is 0 Å². The van der Waals surface area contributed by atoms with Crippen LogP contribution in [-0.2, 0) is 0 Å². The van der Waals surface area contributed by atoms with Gasteiger partial charge in [-0.3, -0.25) is 4.79 Å². The topological polar surface area (TPSA) is 33.5 Å². The first-order valence-corrected chi connectivity index (χ1v) is 5.94. The van der Waals surface area contributed by atoms with Gasteiger partial charge in [-0.2, -0.15) is 0 Å². The highest BCUT2D eigenvalue weighted by molar-refractivity contribution is 5.95. The third kappa shape index (κ3) is 2.13. The van der Waals surface area contributed by atoms with E-state index in [0.717, 1.165) is 36.6 Å². The Balaban J connectivity index is 2.15. The first-order valence-electron chi connectivity index (χ1n) is 5.94. The van der Waals surface area contributed by atoms with Crippen molar-refractivity contribution in [2.45, 2.75) is 33.6 Å². The summed E-state index contributed by atoms with van der Waals surface area (Å²) < 4.78 is 5.41. The molecular weight excluding hydrogens is 202 g/mol. The summed E-state index contributed by atoms with van der Waals surface area (Å²) in [5.74, 6) is 2.29. The van der Waals surface area contributed by atoms with E-state index in [2.05, 4.69) is 6.92 Å². The second-order valence-electron chi connectivity index (χ2n) is 4.83. The van der Waals surface area contributed by atoms with Gasteiger partial charge in [-0.15, -0.1) is 0 Å². The van der Waals surface area contributed by atoms with Crippen LogP contribution >= 0.6 is 0 Å². The van der Waals surface area contributed by atoms with Gasteiger partial charge in [0.2, 0.25) is 0 Å². The molecule has 1 atom stereocenters. The summed E-state index contributed by atoms with van der Waals surface area (Å²) in [6.07, 6.45) is 2.34. The van der Waals surface area contributed by atoms with Crippen molar-refractivity contribution in [2.75, 3.05) is 13.1 Å². The Morgan fingerprint density at radius 3 is 2.81 bits per heavy atom. The van der Waals surface area contributed by atoms with Crippen LogP contribution in [0.5, 0.6) is 0 Å². The Bertz CT molecular complexity index is 395. The van der Waals surface area contributed by atoms with Gasteiger partial charge < -0.3 is 9.32 Å². The van der Waals surface area contributed by atoms with Crippen LogP contribution in [0.1, 0.15) is 41.6 Å². The fourth-order valence-electron chi connectivity index (χ4n) is 2.39. The van der Waals surface area contributed by atoms with E-state index in [0.29, 0.717) is 5.92 Å². The number of likely N-dealkylation sites (tertiary alicyclic amines) is 1. The van der Waals surface area contributed by atoms with Gasteiger partial charge in [0.1, 0.15) is 11.5 Å². The fourth-order valence-corrected chi connectivity index (χ4v) is 2.39. The molecule has 3 heteroatoms. The maximum atomic E-state index is 12.2. The molecule has 16 heavy (non-hydrogen) atoms. The smallest absolute Gasteiger partial charge is 0.257 e. The fraction of sp³-hybridized carbons (Fsp3) is 0.615. The van der Waals surface area contributed by atoms with Crippen LogP contribution in [0.25, 0.3) is 0 Å². The van der Waals surface area contributed by atoms with E-state index in [1.165, 1.54) is 6.42 Å². The third-order valence-electron chi connectivity index (χ3n) is 3.22. The van der Waals surface area contributed by atoms with Crippen molar-refractivity contribution in [1.82, 2.24) is 4.90 Å². The molecule has 1 saturated heterocycles. The minimum Gasteiger partial charge on any atom is -0.466 e. The number of carbonyl (C=O) groups is 1. The number of hydrogen-bond acceptors (Lipinski definition) is 2. The number of rotatable bonds is 1. The Labute approximate surface area is 96.4 Å². The van der Waals surface area contributed by atoms with E-state index in [1.807, 2.05) is 24.8 Å². The van der Waals surface area contributed by atoms with Crippen molar-refractivity contribution in [3.05, 3.63) is 23.2 Å². The quantitative estimate of drug-likeness (QED) is 0.730. The number of aryl methyl sites for hydroxylation is 2. The van der Waals surface area contributed by atoms with Gasteiger partial charge in [0.25, 0.3) is 5.91 Å². The Morgan fingerprint density at radius 2 is 2.25 bits per heavy atom. The summed E-state index contributed by atoms with van der Waals surface area (Å²) in [4.78, 5) is 14.2. The molecule has 1 aromatic heterocycles. The predicted octanol–water partition coefficient (Wildman–Crippen LogP) is 2.77. The molecule has 0 aromatic carbocycles. The van der Waals surface area contributed by atoms with Gasteiger partial charge in [0.05, 0.1) is 5.56 Å². The highest BCUT2D eigenvalue weighted by Crippen LogP contribution is 2.21. The molecule has 88 valence electrons. The molecule has 0 spiro atoms. The van der Waals surface area contributed by atoms with E-state index < -0.39 is 0 Å².